The summed E-state index contributed by atoms with van der Waals surface area (Å²) in [6.07, 6.45) is 0. The van der Waals surface area contributed by atoms with Gasteiger partial charge in [0.1, 0.15) is 5.15 Å². The number of hydrogen-bond donors (Lipinski definition) is 0. The Kier molecular flexibility index (Phi) is 3.67. The van der Waals surface area contributed by atoms with Crippen molar-refractivity contribution < 1.29 is 0 Å². The first-order valence-corrected chi connectivity index (χ1v) is 6.48. The van der Waals surface area contributed by atoms with Gasteiger partial charge in [-0.25, -0.2) is 9.97 Å². The monoisotopic (exact) mass is 260 g/mol. The lowest BCUT2D eigenvalue weighted by molar-refractivity contribution is 0.816. The molecule has 1 aromatic heterocycles. The molecule has 0 saturated carbocycles. The number of aryl methyl sites for hydroxylation is 1. The zero-order valence-electron chi connectivity index (χ0n) is 11.2. The van der Waals surface area contributed by atoms with Crippen LogP contribution in [0.2, 0.25) is 5.15 Å². The molecule has 0 N–H and O–H groups in total. The number of benzene rings is 1. The molecule has 0 spiro atoms. The van der Waals surface area contributed by atoms with Crippen LogP contribution in [0.5, 0.6) is 0 Å². The predicted molar refractivity (Wildman–Crippen MR) is 76.0 cm³/mol. The fourth-order valence-corrected chi connectivity index (χ4v) is 2.04. The van der Waals surface area contributed by atoms with Crippen molar-refractivity contribution in [2.75, 3.05) is 0 Å². The Bertz CT molecular complexity index is 577. The van der Waals surface area contributed by atoms with E-state index < -0.39 is 0 Å². The Morgan fingerprint density at radius 1 is 1.11 bits per heavy atom. The van der Waals surface area contributed by atoms with E-state index in [1.54, 1.807) is 0 Å². The normalized spacial score (nSPS) is 11.0. The highest BCUT2D eigenvalue weighted by Crippen LogP contribution is 2.25. The van der Waals surface area contributed by atoms with E-state index in [4.69, 9.17) is 11.6 Å². The van der Waals surface area contributed by atoms with Gasteiger partial charge in [-0.05, 0) is 37.0 Å². The first-order valence-electron chi connectivity index (χ1n) is 6.10. The van der Waals surface area contributed by atoms with Crippen molar-refractivity contribution in [2.24, 2.45) is 0 Å². The standard InChI is InChI=1S/C15H17ClN2/c1-9(2)13-8-14(16)18-15(17-13)12-7-5-6-10(3)11(12)4/h5-9H,1-4H3. The molecule has 0 aliphatic rings. The van der Waals surface area contributed by atoms with Gasteiger partial charge in [-0.2, -0.15) is 0 Å². The minimum absolute atomic E-state index is 0.342. The van der Waals surface area contributed by atoms with Gasteiger partial charge < -0.3 is 0 Å². The summed E-state index contributed by atoms with van der Waals surface area (Å²) in [5.74, 6) is 1.06. The second kappa shape index (κ2) is 5.07. The van der Waals surface area contributed by atoms with Gasteiger partial charge in [0.15, 0.2) is 5.82 Å². The molecule has 18 heavy (non-hydrogen) atoms. The third kappa shape index (κ3) is 2.54. The molecule has 1 heterocycles. The van der Waals surface area contributed by atoms with Crippen LogP contribution in [-0.4, -0.2) is 9.97 Å². The average molecular weight is 261 g/mol. The maximum Gasteiger partial charge on any atom is 0.161 e. The molecular weight excluding hydrogens is 244 g/mol. The molecule has 0 fully saturated rings. The van der Waals surface area contributed by atoms with E-state index in [1.165, 1.54) is 11.1 Å². The van der Waals surface area contributed by atoms with Gasteiger partial charge in [-0.1, -0.05) is 43.6 Å². The Labute approximate surface area is 113 Å². The van der Waals surface area contributed by atoms with E-state index >= 15 is 0 Å². The molecule has 0 aliphatic heterocycles. The molecular formula is C15H17ClN2. The minimum Gasteiger partial charge on any atom is -0.233 e. The summed E-state index contributed by atoms with van der Waals surface area (Å²) in [5.41, 5.74) is 4.47. The van der Waals surface area contributed by atoms with Gasteiger partial charge >= 0.3 is 0 Å². The lowest BCUT2D eigenvalue weighted by Crippen LogP contribution is -1.99. The van der Waals surface area contributed by atoms with Crippen LogP contribution in [0.1, 0.15) is 36.6 Å². The van der Waals surface area contributed by atoms with E-state index in [0.29, 0.717) is 16.9 Å². The number of hydrogen-bond acceptors (Lipinski definition) is 2. The van der Waals surface area contributed by atoms with E-state index in [9.17, 15) is 0 Å². The van der Waals surface area contributed by atoms with Crippen molar-refractivity contribution in [1.82, 2.24) is 9.97 Å². The van der Waals surface area contributed by atoms with Gasteiger partial charge in [-0.15, -0.1) is 0 Å². The minimum atomic E-state index is 0.342. The summed E-state index contributed by atoms with van der Waals surface area (Å²) in [6.45, 7) is 8.38. The van der Waals surface area contributed by atoms with Crippen molar-refractivity contribution in [1.29, 1.82) is 0 Å². The molecule has 0 unspecified atom stereocenters. The molecule has 94 valence electrons. The van der Waals surface area contributed by atoms with E-state index in [1.807, 2.05) is 18.2 Å². The number of aromatic nitrogens is 2. The van der Waals surface area contributed by atoms with Crippen LogP contribution in [-0.2, 0) is 0 Å². The van der Waals surface area contributed by atoms with Crippen molar-refractivity contribution >= 4 is 11.6 Å². The molecule has 3 heteroatoms. The van der Waals surface area contributed by atoms with Crippen LogP contribution in [0.4, 0.5) is 0 Å². The second-order valence-electron chi connectivity index (χ2n) is 4.84. The Hall–Kier alpha value is -1.41. The van der Waals surface area contributed by atoms with Crippen molar-refractivity contribution in [2.45, 2.75) is 33.6 Å². The lowest BCUT2D eigenvalue weighted by atomic mass is 10.0. The zero-order valence-corrected chi connectivity index (χ0v) is 11.9. The van der Waals surface area contributed by atoms with Gasteiger partial charge in [-0.3, -0.25) is 0 Å². The first kappa shape index (κ1) is 13.0. The summed E-state index contributed by atoms with van der Waals surface area (Å²) < 4.78 is 0. The molecule has 0 amide bonds. The lowest BCUT2D eigenvalue weighted by Gasteiger charge is -2.10. The maximum atomic E-state index is 6.08. The fourth-order valence-electron chi connectivity index (χ4n) is 1.84. The van der Waals surface area contributed by atoms with E-state index in [0.717, 1.165) is 11.3 Å². The van der Waals surface area contributed by atoms with Crippen LogP contribution in [0.25, 0.3) is 11.4 Å². The largest absolute Gasteiger partial charge is 0.233 e. The number of halogens is 1. The molecule has 0 radical (unpaired) electrons. The SMILES string of the molecule is Cc1cccc(-c2nc(Cl)cc(C(C)C)n2)c1C. The Morgan fingerprint density at radius 2 is 1.83 bits per heavy atom. The topological polar surface area (TPSA) is 25.8 Å². The summed E-state index contributed by atoms with van der Waals surface area (Å²) in [4.78, 5) is 8.95. The van der Waals surface area contributed by atoms with Crippen LogP contribution in [0.3, 0.4) is 0 Å². The zero-order chi connectivity index (χ0) is 13.3. The Morgan fingerprint density at radius 3 is 2.50 bits per heavy atom. The van der Waals surface area contributed by atoms with Crippen LogP contribution in [0, 0.1) is 13.8 Å². The van der Waals surface area contributed by atoms with Crippen LogP contribution in [0.15, 0.2) is 24.3 Å². The molecule has 0 saturated heterocycles. The van der Waals surface area contributed by atoms with Crippen molar-refractivity contribution in [3.63, 3.8) is 0 Å². The summed E-state index contributed by atoms with van der Waals surface area (Å²) in [6, 6.07) is 7.99. The third-order valence-corrected chi connectivity index (χ3v) is 3.35. The predicted octanol–water partition coefficient (Wildman–Crippen LogP) is 4.54. The number of rotatable bonds is 2. The molecule has 2 rings (SSSR count). The maximum absolute atomic E-state index is 6.08. The van der Waals surface area contributed by atoms with Gasteiger partial charge in [0.05, 0.1) is 0 Å². The van der Waals surface area contributed by atoms with Gasteiger partial charge in [0.25, 0.3) is 0 Å². The highest BCUT2D eigenvalue weighted by atomic mass is 35.5. The average Bonchev–Trinajstić information content (AvgIpc) is 2.31. The summed E-state index contributed by atoms with van der Waals surface area (Å²) in [7, 11) is 0. The molecule has 0 atom stereocenters. The highest BCUT2D eigenvalue weighted by molar-refractivity contribution is 6.29. The molecule has 2 aromatic rings. The molecule has 2 nitrogen and oxygen atoms in total. The van der Waals surface area contributed by atoms with Gasteiger partial charge in [0, 0.05) is 11.3 Å². The van der Waals surface area contributed by atoms with E-state index in [-0.39, 0.29) is 0 Å². The third-order valence-electron chi connectivity index (χ3n) is 3.15. The second-order valence-corrected chi connectivity index (χ2v) is 5.23. The van der Waals surface area contributed by atoms with Crippen molar-refractivity contribution in [3.05, 3.63) is 46.2 Å². The molecule has 0 bridgehead atoms. The molecule has 0 aliphatic carbocycles. The summed E-state index contributed by atoms with van der Waals surface area (Å²) >= 11 is 6.08. The molecule has 1 aromatic carbocycles. The highest BCUT2D eigenvalue weighted by Gasteiger charge is 2.11. The van der Waals surface area contributed by atoms with Crippen molar-refractivity contribution in [3.8, 4) is 11.4 Å². The number of nitrogens with zero attached hydrogens (tertiary/aromatic N) is 2. The quantitative estimate of drug-likeness (QED) is 0.741. The fraction of sp³-hybridized carbons (Fsp3) is 0.333. The smallest absolute Gasteiger partial charge is 0.161 e. The van der Waals surface area contributed by atoms with Crippen LogP contribution < -0.4 is 0 Å². The van der Waals surface area contributed by atoms with E-state index in [2.05, 4.69) is 43.7 Å². The summed E-state index contributed by atoms with van der Waals surface area (Å²) in [5, 5.41) is 0.504. The van der Waals surface area contributed by atoms with Gasteiger partial charge in [0.2, 0.25) is 0 Å². The van der Waals surface area contributed by atoms with Crippen LogP contribution >= 0.6 is 11.6 Å². The Balaban J connectivity index is 2.60. The first-order chi connectivity index (χ1) is 8.49.